The molecule has 1 aromatic heterocycles. The molecule has 0 bridgehead atoms. The third-order valence-corrected chi connectivity index (χ3v) is 2.95. The van der Waals surface area contributed by atoms with E-state index in [2.05, 4.69) is 26.8 Å². The van der Waals surface area contributed by atoms with Crippen molar-refractivity contribution in [3.63, 3.8) is 0 Å². The minimum absolute atomic E-state index is 0.257. The van der Waals surface area contributed by atoms with Gasteiger partial charge in [0.15, 0.2) is 0 Å². The second-order valence-electron chi connectivity index (χ2n) is 6.32. The molecule has 108 valence electrons. The fourth-order valence-corrected chi connectivity index (χ4v) is 2.03. The van der Waals surface area contributed by atoms with Gasteiger partial charge in [-0.05, 0) is 51.7 Å². The van der Waals surface area contributed by atoms with Crippen LogP contribution in [-0.2, 0) is 11.2 Å². The molecule has 0 aliphatic rings. The minimum Gasteiger partial charge on any atom is -0.443 e. The number of ether oxygens (including phenoxy) is 1. The van der Waals surface area contributed by atoms with Gasteiger partial charge in [0, 0.05) is 11.4 Å². The highest BCUT2D eigenvalue weighted by molar-refractivity contribution is 5.73. The number of nitrogens with zero attached hydrogens (tertiary/aromatic N) is 1. The number of unbranched alkanes of at least 4 members (excludes halogenated alkanes) is 1. The van der Waals surface area contributed by atoms with Gasteiger partial charge in [-0.3, -0.25) is 4.57 Å². The Hall–Kier alpha value is -1.25. The van der Waals surface area contributed by atoms with Gasteiger partial charge < -0.3 is 4.74 Å². The summed E-state index contributed by atoms with van der Waals surface area (Å²) in [6.07, 6.45) is 2.87. The fourth-order valence-electron chi connectivity index (χ4n) is 2.03. The Kier molecular flexibility index (Phi) is 5.21. The van der Waals surface area contributed by atoms with Gasteiger partial charge in [-0.1, -0.05) is 27.2 Å². The molecule has 0 fully saturated rings. The van der Waals surface area contributed by atoms with Crippen molar-refractivity contribution in [1.29, 1.82) is 0 Å². The summed E-state index contributed by atoms with van der Waals surface area (Å²) in [6.45, 7) is 12.0. The maximum absolute atomic E-state index is 12.4. The quantitative estimate of drug-likeness (QED) is 0.787. The van der Waals surface area contributed by atoms with Gasteiger partial charge in [-0.15, -0.1) is 0 Å². The van der Waals surface area contributed by atoms with Gasteiger partial charge in [0.1, 0.15) is 5.60 Å². The molecule has 0 unspecified atom stereocenters. The van der Waals surface area contributed by atoms with E-state index in [-0.39, 0.29) is 6.09 Å². The molecule has 3 heteroatoms. The lowest BCUT2D eigenvalue weighted by Crippen LogP contribution is -2.29. The summed E-state index contributed by atoms with van der Waals surface area (Å²) in [5.41, 5.74) is 1.62. The van der Waals surface area contributed by atoms with Crippen molar-refractivity contribution >= 4 is 6.09 Å². The number of hydrogen-bond acceptors (Lipinski definition) is 2. The lowest BCUT2D eigenvalue weighted by atomic mass is 10.1. The van der Waals surface area contributed by atoms with E-state index in [0.717, 1.165) is 30.7 Å². The van der Waals surface area contributed by atoms with Crippen molar-refractivity contribution in [2.24, 2.45) is 0 Å². The zero-order valence-electron chi connectivity index (χ0n) is 13.1. The molecule has 1 aromatic rings. The number of carbonyl (C=O) groups is 1. The highest BCUT2D eigenvalue weighted by Crippen LogP contribution is 2.22. The zero-order valence-corrected chi connectivity index (χ0v) is 13.1. The van der Waals surface area contributed by atoms with Gasteiger partial charge in [0.25, 0.3) is 0 Å². The van der Waals surface area contributed by atoms with Crippen molar-refractivity contribution in [3.05, 3.63) is 23.5 Å². The first-order valence-corrected chi connectivity index (χ1v) is 7.20. The van der Waals surface area contributed by atoms with Gasteiger partial charge in [0.05, 0.1) is 0 Å². The van der Waals surface area contributed by atoms with Crippen LogP contribution in [0.2, 0.25) is 0 Å². The molecule has 19 heavy (non-hydrogen) atoms. The monoisotopic (exact) mass is 265 g/mol. The van der Waals surface area contributed by atoms with Crippen LogP contribution in [0.25, 0.3) is 0 Å². The zero-order chi connectivity index (χ0) is 14.6. The van der Waals surface area contributed by atoms with Crippen molar-refractivity contribution in [2.75, 3.05) is 0 Å². The predicted octanol–water partition coefficient (Wildman–Crippen LogP) is 4.74. The van der Waals surface area contributed by atoms with Crippen LogP contribution in [0.4, 0.5) is 4.79 Å². The second-order valence-corrected chi connectivity index (χ2v) is 6.32. The summed E-state index contributed by atoms with van der Waals surface area (Å²) in [6, 6.07) is 4.09. The van der Waals surface area contributed by atoms with Crippen LogP contribution >= 0.6 is 0 Å². The van der Waals surface area contributed by atoms with E-state index in [1.165, 1.54) is 0 Å². The first-order valence-electron chi connectivity index (χ1n) is 7.20. The Balaban J connectivity index is 3.06. The van der Waals surface area contributed by atoms with Crippen LogP contribution < -0.4 is 0 Å². The molecule has 0 radical (unpaired) electrons. The summed E-state index contributed by atoms with van der Waals surface area (Å²) >= 11 is 0. The molecule has 0 atom stereocenters. The van der Waals surface area contributed by atoms with Crippen molar-refractivity contribution in [3.8, 4) is 0 Å². The topological polar surface area (TPSA) is 31.2 Å². The molecule has 0 aliphatic heterocycles. The molecular formula is C16H27NO2. The lowest BCUT2D eigenvalue weighted by molar-refractivity contribution is 0.0527. The fraction of sp³-hybridized carbons (Fsp3) is 0.688. The molecule has 0 aliphatic carbocycles. The summed E-state index contributed by atoms with van der Waals surface area (Å²) in [7, 11) is 0. The first kappa shape index (κ1) is 15.8. The number of aryl methyl sites for hydroxylation is 1. The van der Waals surface area contributed by atoms with Gasteiger partial charge in [-0.25, -0.2) is 4.79 Å². The number of carbonyl (C=O) groups excluding carboxylic acids is 1. The van der Waals surface area contributed by atoms with E-state index in [1.807, 2.05) is 26.8 Å². The normalized spacial score (nSPS) is 11.9. The summed E-state index contributed by atoms with van der Waals surface area (Å²) < 4.78 is 7.27. The largest absolute Gasteiger partial charge is 0.443 e. The molecule has 0 spiro atoms. The molecule has 0 amide bonds. The van der Waals surface area contributed by atoms with Crippen molar-refractivity contribution in [1.82, 2.24) is 4.57 Å². The van der Waals surface area contributed by atoms with Gasteiger partial charge >= 0.3 is 6.09 Å². The van der Waals surface area contributed by atoms with E-state index >= 15 is 0 Å². The Labute approximate surface area is 117 Å². The summed E-state index contributed by atoms with van der Waals surface area (Å²) in [5.74, 6) is 0.308. The SMILES string of the molecule is CCCCc1ccc(C(C)C)n1C(=O)OC(C)(C)C. The second kappa shape index (κ2) is 6.27. The molecular weight excluding hydrogens is 238 g/mol. The molecule has 0 aromatic carbocycles. The number of aromatic nitrogens is 1. The first-order chi connectivity index (χ1) is 8.76. The van der Waals surface area contributed by atoms with E-state index in [4.69, 9.17) is 4.74 Å². The standard InChI is InChI=1S/C16H27NO2/c1-7-8-9-13-10-11-14(12(2)3)17(13)15(18)19-16(4,5)6/h10-12H,7-9H2,1-6H3. The number of hydrogen-bond donors (Lipinski definition) is 0. The molecule has 1 heterocycles. The summed E-state index contributed by atoms with van der Waals surface area (Å²) in [4.78, 5) is 12.4. The summed E-state index contributed by atoms with van der Waals surface area (Å²) in [5, 5.41) is 0. The smallest absolute Gasteiger partial charge is 0.418 e. The molecule has 1 rings (SSSR count). The third kappa shape index (κ3) is 4.41. The van der Waals surface area contributed by atoms with E-state index in [0.29, 0.717) is 5.92 Å². The Bertz CT molecular complexity index is 424. The minimum atomic E-state index is -0.461. The maximum Gasteiger partial charge on any atom is 0.418 e. The molecule has 0 saturated carbocycles. The lowest BCUT2D eigenvalue weighted by Gasteiger charge is -2.22. The highest BCUT2D eigenvalue weighted by Gasteiger charge is 2.22. The van der Waals surface area contributed by atoms with Crippen LogP contribution in [0, 0.1) is 0 Å². The molecule has 0 N–H and O–H groups in total. The number of rotatable bonds is 4. The van der Waals surface area contributed by atoms with Gasteiger partial charge in [0.2, 0.25) is 0 Å². The van der Waals surface area contributed by atoms with Crippen LogP contribution in [-0.4, -0.2) is 16.3 Å². The third-order valence-electron chi connectivity index (χ3n) is 2.95. The molecule has 3 nitrogen and oxygen atoms in total. The Morgan fingerprint density at radius 2 is 1.95 bits per heavy atom. The maximum atomic E-state index is 12.4. The van der Waals surface area contributed by atoms with E-state index in [9.17, 15) is 4.79 Å². The average Bonchev–Trinajstić information content (AvgIpc) is 2.67. The van der Waals surface area contributed by atoms with Gasteiger partial charge in [-0.2, -0.15) is 0 Å². The van der Waals surface area contributed by atoms with E-state index < -0.39 is 5.60 Å². The molecule has 0 saturated heterocycles. The highest BCUT2D eigenvalue weighted by atomic mass is 16.6. The predicted molar refractivity (Wildman–Crippen MR) is 78.8 cm³/mol. The average molecular weight is 265 g/mol. The van der Waals surface area contributed by atoms with Crippen LogP contribution in [0.15, 0.2) is 12.1 Å². The van der Waals surface area contributed by atoms with Crippen LogP contribution in [0.1, 0.15) is 71.7 Å². The Morgan fingerprint density at radius 1 is 1.32 bits per heavy atom. The van der Waals surface area contributed by atoms with E-state index in [1.54, 1.807) is 4.57 Å². The van der Waals surface area contributed by atoms with Crippen LogP contribution in [0.5, 0.6) is 0 Å². The van der Waals surface area contributed by atoms with Crippen LogP contribution in [0.3, 0.4) is 0 Å². The van der Waals surface area contributed by atoms with Crippen molar-refractivity contribution < 1.29 is 9.53 Å². The Morgan fingerprint density at radius 3 is 2.42 bits per heavy atom. The van der Waals surface area contributed by atoms with Crippen molar-refractivity contribution in [2.45, 2.75) is 72.3 Å².